The molecule has 1 aliphatic carbocycles. The molecule has 158 valence electrons. The van der Waals surface area contributed by atoms with Gasteiger partial charge in [0, 0.05) is 24.0 Å². The lowest BCUT2D eigenvalue weighted by atomic mass is 10.1. The molecular formula is C20H27N3O4S2. The van der Waals surface area contributed by atoms with Crippen LogP contribution in [-0.2, 0) is 19.6 Å². The first-order valence-corrected chi connectivity index (χ1v) is 12.7. The molecule has 1 atom stereocenters. The van der Waals surface area contributed by atoms with Gasteiger partial charge in [-0.1, -0.05) is 25.7 Å². The number of carbonyl (C=O) groups is 2. The molecule has 1 saturated heterocycles. The van der Waals surface area contributed by atoms with Gasteiger partial charge in [-0.3, -0.25) is 9.59 Å². The fourth-order valence-electron chi connectivity index (χ4n) is 4.21. The first kappa shape index (κ1) is 20.7. The Balaban J connectivity index is 1.49. The summed E-state index contributed by atoms with van der Waals surface area (Å²) in [5, 5.41) is 1.93. The second-order valence-corrected chi connectivity index (χ2v) is 10.8. The van der Waals surface area contributed by atoms with Crippen molar-refractivity contribution in [2.24, 2.45) is 0 Å². The zero-order valence-electron chi connectivity index (χ0n) is 16.4. The van der Waals surface area contributed by atoms with Crippen LogP contribution in [0.5, 0.6) is 0 Å². The second kappa shape index (κ2) is 8.65. The molecule has 0 radical (unpaired) electrons. The number of carbonyl (C=O) groups excluding carboxylic acids is 2. The van der Waals surface area contributed by atoms with E-state index >= 15 is 0 Å². The smallest absolute Gasteiger partial charge is 0.247 e. The first-order chi connectivity index (χ1) is 13.9. The number of nitrogens with one attached hydrogen (secondary N) is 2. The van der Waals surface area contributed by atoms with Gasteiger partial charge in [0.25, 0.3) is 0 Å². The number of amides is 2. The van der Waals surface area contributed by atoms with Gasteiger partial charge in [0.1, 0.15) is 0 Å². The van der Waals surface area contributed by atoms with E-state index in [0.717, 1.165) is 56.3 Å². The van der Waals surface area contributed by atoms with Gasteiger partial charge >= 0.3 is 0 Å². The predicted octanol–water partition coefficient (Wildman–Crippen LogP) is 2.72. The molecule has 7 nitrogen and oxygen atoms in total. The number of nitrogens with zero attached hydrogens (tertiary/aromatic N) is 1. The van der Waals surface area contributed by atoms with E-state index in [1.807, 2.05) is 0 Å². The van der Waals surface area contributed by atoms with Crippen LogP contribution in [0, 0.1) is 0 Å². The highest BCUT2D eigenvalue weighted by atomic mass is 32.2. The molecule has 1 aromatic rings. The minimum absolute atomic E-state index is 0.0371. The molecule has 2 aliphatic heterocycles. The van der Waals surface area contributed by atoms with Crippen molar-refractivity contribution >= 4 is 39.3 Å². The molecule has 9 heteroatoms. The van der Waals surface area contributed by atoms with Crippen LogP contribution in [0.4, 0.5) is 5.69 Å². The lowest BCUT2D eigenvalue weighted by molar-refractivity contribution is -0.133. The number of fused-ring (bicyclic) bond motifs is 1. The molecule has 2 fully saturated rings. The third kappa shape index (κ3) is 4.62. The first-order valence-electron chi connectivity index (χ1n) is 10.4. The number of benzene rings is 1. The van der Waals surface area contributed by atoms with Crippen LogP contribution in [0.1, 0.15) is 51.4 Å². The number of hydrogen-bond donors (Lipinski definition) is 2. The third-order valence-corrected chi connectivity index (χ3v) is 8.60. The Kier molecular flexibility index (Phi) is 6.17. The maximum atomic E-state index is 12.8. The lowest BCUT2D eigenvalue weighted by Crippen LogP contribution is -2.43. The summed E-state index contributed by atoms with van der Waals surface area (Å²) in [4.78, 5) is 27.8. The Hall–Kier alpha value is -1.58. The fourth-order valence-corrected chi connectivity index (χ4v) is 6.59. The van der Waals surface area contributed by atoms with Crippen molar-refractivity contribution in [2.45, 2.75) is 72.4 Å². The van der Waals surface area contributed by atoms with Crippen molar-refractivity contribution in [3.63, 3.8) is 0 Å². The molecule has 2 heterocycles. The Morgan fingerprint density at radius 3 is 2.45 bits per heavy atom. The van der Waals surface area contributed by atoms with Crippen molar-refractivity contribution in [2.75, 3.05) is 18.4 Å². The summed E-state index contributed by atoms with van der Waals surface area (Å²) in [7, 11) is -3.66. The normalized spacial score (nSPS) is 23.4. The largest absolute Gasteiger partial charge is 0.341 e. The maximum Gasteiger partial charge on any atom is 0.247 e. The van der Waals surface area contributed by atoms with E-state index in [1.165, 1.54) is 17.8 Å². The van der Waals surface area contributed by atoms with Gasteiger partial charge in [0.15, 0.2) is 5.25 Å². The van der Waals surface area contributed by atoms with E-state index in [2.05, 4.69) is 10.0 Å². The summed E-state index contributed by atoms with van der Waals surface area (Å²) in [5.41, 5.74) is 0.453. The number of likely N-dealkylation sites (tertiary alicyclic amines) is 1. The SMILES string of the molecule is O=C1Nc2cc(S(=O)(=O)NC3CCCCCC3)ccc2S[C@@H]1C(=O)N1CCCC1. The van der Waals surface area contributed by atoms with Gasteiger partial charge in [0.2, 0.25) is 21.8 Å². The van der Waals surface area contributed by atoms with Crippen LogP contribution in [0.25, 0.3) is 0 Å². The topological polar surface area (TPSA) is 95.6 Å². The minimum atomic E-state index is -3.66. The van der Waals surface area contributed by atoms with Crippen LogP contribution >= 0.6 is 11.8 Å². The Bertz CT molecular complexity index is 889. The fraction of sp³-hybridized carbons (Fsp3) is 0.600. The number of thioether (sulfide) groups is 1. The summed E-state index contributed by atoms with van der Waals surface area (Å²) in [5.74, 6) is -0.548. The average Bonchev–Trinajstić information content (AvgIpc) is 3.12. The summed E-state index contributed by atoms with van der Waals surface area (Å²) < 4.78 is 28.5. The van der Waals surface area contributed by atoms with Crippen molar-refractivity contribution in [3.05, 3.63) is 18.2 Å². The summed E-state index contributed by atoms with van der Waals surface area (Å²) >= 11 is 1.20. The van der Waals surface area contributed by atoms with Gasteiger partial charge in [-0.25, -0.2) is 13.1 Å². The van der Waals surface area contributed by atoms with E-state index in [9.17, 15) is 18.0 Å². The van der Waals surface area contributed by atoms with E-state index in [-0.39, 0.29) is 22.8 Å². The van der Waals surface area contributed by atoms with Gasteiger partial charge < -0.3 is 10.2 Å². The van der Waals surface area contributed by atoms with Crippen molar-refractivity contribution in [3.8, 4) is 0 Å². The van der Waals surface area contributed by atoms with E-state index in [0.29, 0.717) is 18.8 Å². The maximum absolute atomic E-state index is 12.8. The standard InChI is InChI=1S/C20H27N3O4S2/c24-19-18(20(25)23-11-5-6-12-23)28-17-10-9-15(13-16(17)21-19)29(26,27)22-14-7-3-1-2-4-8-14/h9-10,13-14,18,22H,1-8,11-12H2,(H,21,24)/t18-/m0/s1. The van der Waals surface area contributed by atoms with Crippen LogP contribution in [0.3, 0.4) is 0 Å². The Morgan fingerprint density at radius 1 is 1.07 bits per heavy atom. The summed E-state index contributed by atoms with van der Waals surface area (Å²) in [6.07, 6.45) is 8.03. The molecule has 0 spiro atoms. The van der Waals surface area contributed by atoms with Gasteiger partial charge in [-0.15, -0.1) is 11.8 Å². The van der Waals surface area contributed by atoms with Crippen LogP contribution < -0.4 is 10.0 Å². The van der Waals surface area contributed by atoms with Gasteiger partial charge in [-0.05, 0) is 43.9 Å². The Morgan fingerprint density at radius 2 is 1.76 bits per heavy atom. The van der Waals surface area contributed by atoms with Crippen molar-refractivity contribution in [1.29, 1.82) is 0 Å². The molecule has 0 bridgehead atoms. The van der Waals surface area contributed by atoms with Crippen LogP contribution in [0.2, 0.25) is 0 Å². The number of rotatable bonds is 4. The molecular weight excluding hydrogens is 410 g/mol. The molecule has 3 aliphatic rings. The molecule has 0 aromatic heterocycles. The molecule has 2 amide bonds. The van der Waals surface area contributed by atoms with Gasteiger partial charge in [0.05, 0.1) is 10.6 Å². The molecule has 1 saturated carbocycles. The van der Waals surface area contributed by atoms with Crippen molar-refractivity contribution in [1.82, 2.24) is 9.62 Å². The molecule has 4 rings (SSSR count). The second-order valence-electron chi connectivity index (χ2n) is 7.99. The summed E-state index contributed by atoms with van der Waals surface area (Å²) in [6, 6.07) is 4.70. The molecule has 2 N–H and O–H groups in total. The Labute approximate surface area is 176 Å². The molecule has 29 heavy (non-hydrogen) atoms. The monoisotopic (exact) mass is 437 g/mol. The van der Waals surface area contributed by atoms with Crippen LogP contribution in [0.15, 0.2) is 28.0 Å². The highest BCUT2D eigenvalue weighted by Gasteiger charge is 2.37. The quantitative estimate of drug-likeness (QED) is 0.558. The molecule has 1 aromatic carbocycles. The van der Waals surface area contributed by atoms with Gasteiger partial charge in [-0.2, -0.15) is 0 Å². The molecule has 0 unspecified atom stereocenters. The van der Waals surface area contributed by atoms with E-state index in [1.54, 1.807) is 17.0 Å². The highest BCUT2D eigenvalue weighted by Crippen LogP contribution is 2.38. The number of hydrogen-bond acceptors (Lipinski definition) is 5. The van der Waals surface area contributed by atoms with Crippen LogP contribution in [-0.4, -0.2) is 49.5 Å². The van der Waals surface area contributed by atoms with E-state index < -0.39 is 15.3 Å². The third-order valence-electron chi connectivity index (χ3n) is 5.82. The number of sulfonamides is 1. The van der Waals surface area contributed by atoms with Crippen molar-refractivity contribution < 1.29 is 18.0 Å². The minimum Gasteiger partial charge on any atom is -0.341 e. The van der Waals surface area contributed by atoms with E-state index in [4.69, 9.17) is 0 Å². The highest BCUT2D eigenvalue weighted by molar-refractivity contribution is 8.01. The predicted molar refractivity (Wildman–Crippen MR) is 112 cm³/mol. The number of anilines is 1. The summed E-state index contributed by atoms with van der Waals surface area (Å²) in [6.45, 7) is 1.39. The lowest BCUT2D eigenvalue weighted by Gasteiger charge is -2.27. The zero-order valence-corrected chi connectivity index (χ0v) is 18.0. The zero-order chi connectivity index (χ0) is 20.4. The average molecular weight is 438 g/mol.